The zero-order valence-corrected chi connectivity index (χ0v) is 16.4. The number of aryl methyl sites for hydroxylation is 1. The van der Waals surface area contributed by atoms with E-state index in [1.807, 2.05) is 18.1 Å². The molecule has 1 N–H and O–H groups in total. The van der Waals surface area contributed by atoms with Gasteiger partial charge in [0.05, 0.1) is 12.8 Å². The van der Waals surface area contributed by atoms with Crippen molar-refractivity contribution >= 4 is 11.9 Å². The van der Waals surface area contributed by atoms with E-state index in [0.717, 1.165) is 23.5 Å². The number of nitrogens with zero attached hydrogens (tertiary/aromatic N) is 2. The predicted molar refractivity (Wildman–Crippen MR) is 117 cm³/mol. The Balaban J connectivity index is 1.82. The van der Waals surface area contributed by atoms with Gasteiger partial charge in [-0.05, 0) is 54.7 Å². The molecule has 3 rings (SSSR count). The summed E-state index contributed by atoms with van der Waals surface area (Å²) in [5.41, 5.74) is 7.11. The minimum absolute atomic E-state index is 0.700. The van der Waals surface area contributed by atoms with Gasteiger partial charge in [0, 0.05) is 5.69 Å². The lowest BCUT2D eigenvalue weighted by molar-refractivity contribution is 0.356. The average molecular weight is 358 g/mol. The maximum absolute atomic E-state index is 4.63. The van der Waals surface area contributed by atoms with E-state index < -0.39 is 0 Å². The van der Waals surface area contributed by atoms with Crippen molar-refractivity contribution in [1.82, 2.24) is 5.01 Å². The van der Waals surface area contributed by atoms with Crippen molar-refractivity contribution in [1.29, 1.82) is 0 Å². The third-order valence-corrected chi connectivity index (χ3v) is 4.63. The average Bonchev–Trinajstić information content (AvgIpc) is 2.68. The summed E-state index contributed by atoms with van der Waals surface area (Å²) in [4.78, 5) is 0. The Labute approximate surface area is 162 Å². The predicted octanol–water partition coefficient (Wildman–Crippen LogP) is 6.26. The Morgan fingerprint density at radius 3 is 2.63 bits per heavy atom. The molecule has 0 amide bonds. The summed E-state index contributed by atoms with van der Waals surface area (Å²) in [6.07, 6.45) is 9.17. The second-order valence-corrected chi connectivity index (χ2v) is 6.71. The monoisotopic (exact) mass is 357 g/mol. The maximum Gasteiger partial charge on any atom is 0.120 e. The Hall–Kier alpha value is -3.07. The fourth-order valence-corrected chi connectivity index (χ4v) is 2.96. The molecule has 1 aliphatic rings. The highest BCUT2D eigenvalue weighted by Crippen LogP contribution is 2.31. The molecule has 0 aliphatic carbocycles. The molecule has 2 aromatic carbocycles. The summed E-state index contributed by atoms with van der Waals surface area (Å²) in [6.45, 7) is 11.1. The number of rotatable bonds is 5. The van der Waals surface area contributed by atoms with Gasteiger partial charge in [-0.25, -0.2) is 5.01 Å². The van der Waals surface area contributed by atoms with Gasteiger partial charge in [0.15, 0.2) is 0 Å². The van der Waals surface area contributed by atoms with E-state index in [4.69, 9.17) is 0 Å². The van der Waals surface area contributed by atoms with Crippen LogP contribution in [0.25, 0.3) is 11.1 Å². The lowest BCUT2D eigenvalue weighted by atomic mass is 10.00. The van der Waals surface area contributed by atoms with Gasteiger partial charge < -0.3 is 5.32 Å². The van der Waals surface area contributed by atoms with Crippen LogP contribution in [-0.4, -0.2) is 11.2 Å². The highest BCUT2D eigenvalue weighted by Gasteiger charge is 2.18. The lowest BCUT2D eigenvalue weighted by Crippen LogP contribution is -2.26. The molecule has 3 nitrogen and oxygen atoms in total. The fourth-order valence-electron chi connectivity index (χ4n) is 2.96. The molecule has 1 aliphatic heterocycles. The van der Waals surface area contributed by atoms with Crippen LogP contribution in [0.1, 0.15) is 31.4 Å². The van der Waals surface area contributed by atoms with Gasteiger partial charge in [-0.3, -0.25) is 0 Å². The van der Waals surface area contributed by atoms with Gasteiger partial charge in [0.1, 0.15) is 5.82 Å². The summed E-state index contributed by atoms with van der Waals surface area (Å²) < 4.78 is 0. The van der Waals surface area contributed by atoms with Crippen LogP contribution in [-0.2, 0) is 6.54 Å². The number of fused-ring (bicyclic) bond motifs is 1. The Morgan fingerprint density at radius 2 is 1.93 bits per heavy atom. The molecule has 0 atom stereocenters. The third-order valence-electron chi connectivity index (χ3n) is 4.63. The van der Waals surface area contributed by atoms with Gasteiger partial charge in [0.2, 0.25) is 0 Å². The van der Waals surface area contributed by atoms with Gasteiger partial charge in [-0.1, -0.05) is 67.6 Å². The van der Waals surface area contributed by atoms with E-state index in [-0.39, 0.29) is 0 Å². The van der Waals surface area contributed by atoms with Crippen LogP contribution in [0.5, 0.6) is 0 Å². The number of nitrogens with one attached hydrogen (secondary N) is 1. The van der Waals surface area contributed by atoms with E-state index in [1.165, 1.54) is 22.3 Å². The van der Waals surface area contributed by atoms with E-state index in [2.05, 4.69) is 91.5 Å². The summed E-state index contributed by atoms with van der Waals surface area (Å²) in [6, 6.07) is 15.1. The Morgan fingerprint density at radius 1 is 1.19 bits per heavy atom. The quantitative estimate of drug-likeness (QED) is 0.505. The van der Waals surface area contributed by atoms with Crippen LogP contribution in [0.3, 0.4) is 0 Å². The third kappa shape index (κ3) is 4.56. The highest BCUT2D eigenvalue weighted by atomic mass is 15.5. The molecular formula is C24H27N3. The second kappa shape index (κ2) is 8.54. The maximum atomic E-state index is 4.63. The number of hydrogen-bond acceptors (Lipinski definition) is 3. The second-order valence-electron chi connectivity index (χ2n) is 6.71. The van der Waals surface area contributed by atoms with Crippen LogP contribution in [0.4, 0.5) is 5.69 Å². The van der Waals surface area contributed by atoms with Gasteiger partial charge >= 0.3 is 0 Å². The summed E-state index contributed by atoms with van der Waals surface area (Å²) in [5.74, 6) is 0.789. The van der Waals surface area contributed by atoms with Crippen LogP contribution in [0.15, 0.2) is 83.8 Å². The first-order chi connectivity index (χ1) is 13.1. The summed E-state index contributed by atoms with van der Waals surface area (Å²) in [7, 11) is 0. The van der Waals surface area contributed by atoms with Gasteiger partial charge in [0.25, 0.3) is 0 Å². The fraction of sp³-hybridized carbons (Fsp3) is 0.208. The van der Waals surface area contributed by atoms with E-state index in [1.54, 1.807) is 0 Å². The highest BCUT2D eigenvalue weighted by molar-refractivity contribution is 5.82. The number of allylic oxidation sites excluding steroid dienone is 4. The molecule has 138 valence electrons. The van der Waals surface area contributed by atoms with Crippen LogP contribution < -0.4 is 5.32 Å². The normalized spacial score (nSPS) is 14.7. The van der Waals surface area contributed by atoms with E-state index >= 15 is 0 Å². The van der Waals surface area contributed by atoms with Crippen LogP contribution in [0.2, 0.25) is 0 Å². The molecule has 3 heteroatoms. The van der Waals surface area contributed by atoms with Crippen LogP contribution in [0, 0.1) is 6.92 Å². The van der Waals surface area contributed by atoms with Crippen molar-refractivity contribution in [3.8, 4) is 11.1 Å². The van der Waals surface area contributed by atoms with Gasteiger partial charge in [-0.15, -0.1) is 0 Å². The smallest absolute Gasteiger partial charge is 0.120 e. The van der Waals surface area contributed by atoms with E-state index in [9.17, 15) is 0 Å². The Kier molecular flexibility index (Phi) is 5.92. The topological polar surface area (TPSA) is 27.6 Å². The molecule has 27 heavy (non-hydrogen) atoms. The van der Waals surface area contributed by atoms with Crippen molar-refractivity contribution in [3.05, 3.63) is 89.8 Å². The lowest BCUT2D eigenvalue weighted by Gasteiger charge is -2.29. The number of hydrogen-bond donors (Lipinski definition) is 1. The molecule has 2 aromatic rings. The first kappa shape index (κ1) is 18.7. The first-order valence-corrected chi connectivity index (χ1v) is 9.41. The SMILES string of the molecule is C=C1Nc2ccc(-c3ccc(C)cc3)cc2CN1\N=C/C(/C=C\CC)=C/C. The molecule has 0 saturated heterocycles. The minimum Gasteiger partial charge on any atom is -0.341 e. The zero-order valence-electron chi connectivity index (χ0n) is 16.4. The van der Waals surface area contributed by atoms with Crippen LogP contribution >= 0.6 is 0 Å². The van der Waals surface area contributed by atoms with Crippen molar-refractivity contribution in [2.24, 2.45) is 5.10 Å². The Bertz CT molecular complexity index is 902. The molecule has 0 radical (unpaired) electrons. The molecule has 1 heterocycles. The molecule has 0 unspecified atom stereocenters. The number of anilines is 1. The molecule has 0 aromatic heterocycles. The van der Waals surface area contributed by atoms with Crippen molar-refractivity contribution in [3.63, 3.8) is 0 Å². The molecule has 0 saturated carbocycles. The minimum atomic E-state index is 0.700. The van der Waals surface area contributed by atoms with Gasteiger partial charge in [-0.2, -0.15) is 5.10 Å². The largest absolute Gasteiger partial charge is 0.341 e. The van der Waals surface area contributed by atoms with Crippen molar-refractivity contribution < 1.29 is 0 Å². The number of benzene rings is 2. The first-order valence-electron chi connectivity index (χ1n) is 9.41. The number of hydrazone groups is 1. The van der Waals surface area contributed by atoms with Crippen molar-refractivity contribution in [2.75, 3.05) is 5.32 Å². The summed E-state index contributed by atoms with van der Waals surface area (Å²) >= 11 is 0. The zero-order chi connectivity index (χ0) is 19.2. The van der Waals surface area contributed by atoms with E-state index in [0.29, 0.717) is 6.54 Å². The standard InChI is InChI=1S/C24H27N3/c1-5-7-8-20(6-2)16-25-27-17-23-15-22(13-14-24(23)26-19(27)4)21-11-9-18(3)10-12-21/h6-16,26H,4-5,17H2,1-3H3/b8-7-,20-6+,25-16-. The summed E-state index contributed by atoms with van der Waals surface area (Å²) in [5, 5.41) is 9.90. The molecule has 0 spiro atoms. The molecule has 0 bridgehead atoms. The molecular weight excluding hydrogens is 330 g/mol. The molecule has 0 fully saturated rings. The van der Waals surface area contributed by atoms with Crippen molar-refractivity contribution in [2.45, 2.75) is 33.7 Å².